The lowest BCUT2D eigenvalue weighted by Crippen LogP contribution is -2.44. The molecule has 0 heterocycles. The molecule has 222 valence electrons. The van der Waals surface area contributed by atoms with Crippen LogP contribution < -0.4 is 0 Å². The summed E-state index contributed by atoms with van der Waals surface area (Å²) >= 11 is 0. The summed E-state index contributed by atoms with van der Waals surface area (Å²) in [6, 6.07) is 0. The normalized spacial score (nSPS) is 18.3. The van der Waals surface area contributed by atoms with Gasteiger partial charge in [0, 0.05) is 12.8 Å². The molecule has 0 saturated heterocycles. The van der Waals surface area contributed by atoms with Gasteiger partial charge in [-0.3, -0.25) is 4.79 Å². The number of rotatable bonds is 20. The minimum Gasteiger partial charge on any atom is -0.466 e. The summed E-state index contributed by atoms with van der Waals surface area (Å²) < 4.78 is 5.52. The van der Waals surface area contributed by atoms with Crippen LogP contribution in [-0.4, -0.2) is 23.3 Å². The average molecular weight is 533 g/mol. The number of esters is 1. The van der Waals surface area contributed by atoms with Crippen molar-refractivity contribution in [3.05, 3.63) is 23.3 Å². The van der Waals surface area contributed by atoms with Crippen molar-refractivity contribution in [2.75, 3.05) is 6.61 Å². The predicted molar refractivity (Wildman–Crippen MR) is 164 cm³/mol. The van der Waals surface area contributed by atoms with Crippen molar-refractivity contribution in [2.24, 2.45) is 10.8 Å². The van der Waals surface area contributed by atoms with E-state index < -0.39 is 5.60 Å². The first-order valence-corrected chi connectivity index (χ1v) is 16.2. The second-order valence-corrected chi connectivity index (χ2v) is 14.0. The molecule has 0 spiro atoms. The Bertz CT molecular complexity index is 704. The van der Waals surface area contributed by atoms with Gasteiger partial charge in [-0.2, -0.15) is 0 Å². The van der Waals surface area contributed by atoms with Crippen molar-refractivity contribution >= 4 is 5.97 Å². The van der Waals surface area contributed by atoms with Gasteiger partial charge in [0.15, 0.2) is 0 Å². The maximum Gasteiger partial charge on any atom is 0.306 e. The molecule has 0 aliphatic heterocycles. The SMILES string of the molecule is CCCCCCCCCCCCCCCCCCOC(=O)CCC1=CC(O)(C(C)(C)C)CC(C(C)(C)C)=C1. The molecule has 0 aromatic carbocycles. The van der Waals surface area contributed by atoms with Gasteiger partial charge in [-0.15, -0.1) is 0 Å². The van der Waals surface area contributed by atoms with Crippen molar-refractivity contribution in [1.82, 2.24) is 0 Å². The number of hydrogen-bond donors (Lipinski definition) is 1. The van der Waals surface area contributed by atoms with E-state index in [0.29, 0.717) is 25.9 Å². The molecule has 3 nitrogen and oxygen atoms in total. The van der Waals surface area contributed by atoms with Crippen molar-refractivity contribution in [3.8, 4) is 0 Å². The van der Waals surface area contributed by atoms with Crippen molar-refractivity contribution < 1.29 is 14.6 Å². The van der Waals surface area contributed by atoms with E-state index in [-0.39, 0.29) is 16.8 Å². The summed E-state index contributed by atoms with van der Waals surface area (Å²) in [7, 11) is 0. The van der Waals surface area contributed by atoms with Gasteiger partial charge in [0.05, 0.1) is 12.2 Å². The first-order chi connectivity index (χ1) is 17.9. The third kappa shape index (κ3) is 14.9. The highest BCUT2D eigenvalue weighted by molar-refractivity contribution is 5.69. The van der Waals surface area contributed by atoms with Gasteiger partial charge >= 0.3 is 5.97 Å². The minimum absolute atomic E-state index is 0.00745. The van der Waals surface area contributed by atoms with E-state index in [9.17, 15) is 9.90 Å². The van der Waals surface area contributed by atoms with Crippen molar-refractivity contribution in [2.45, 2.75) is 176 Å². The third-order valence-electron chi connectivity index (χ3n) is 8.38. The van der Waals surface area contributed by atoms with Crippen LogP contribution in [0, 0.1) is 10.8 Å². The van der Waals surface area contributed by atoms with E-state index >= 15 is 0 Å². The number of aliphatic hydroxyl groups is 1. The largest absolute Gasteiger partial charge is 0.466 e. The fraction of sp³-hybridized carbons (Fsp3) is 0.857. The lowest BCUT2D eigenvalue weighted by molar-refractivity contribution is -0.143. The third-order valence-corrected chi connectivity index (χ3v) is 8.38. The highest BCUT2D eigenvalue weighted by Crippen LogP contribution is 2.45. The molecule has 0 amide bonds. The maximum absolute atomic E-state index is 12.4. The Kier molecular flexibility index (Phi) is 16.8. The minimum atomic E-state index is -0.892. The monoisotopic (exact) mass is 532 g/mol. The Morgan fingerprint density at radius 1 is 0.789 bits per heavy atom. The van der Waals surface area contributed by atoms with Crippen molar-refractivity contribution in [3.63, 3.8) is 0 Å². The van der Waals surface area contributed by atoms with Crippen LogP contribution in [-0.2, 0) is 9.53 Å². The van der Waals surface area contributed by atoms with Gasteiger partial charge in [-0.05, 0) is 35.3 Å². The molecule has 1 aliphatic rings. The van der Waals surface area contributed by atoms with Crippen LogP contribution in [0.4, 0.5) is 0 Å². The smallest absolute Gasteiger partial charge is 0.306 e. The van der Waals surface area contributed by atoms with Gasteiger partial charge in [0.2, 0.25) is 0 Å². The van der Waals surface area contributed by atoms with Gasteiger partial charge in [0.25, 0.3) is 0 Å². The number of hydrogen-bond acceptors (Lipinski definition) is 3. The van der Waals surface area contributed by atoms with Crippen LogP contribution in [0.25, 0.3) is 0 Å². The molecule has 1 N–H and O–H groups in total. The zero-order valence-electron chi connectivity index (χ0n) is 26.6. The van der Waals surface area contributed by atoms with Crippen LogP contribution >= 0.6 is 0 Å². The molecule has 38 heavy (non-hydrogen) atoms. The second kappa shape index (κ2) is 18.3. The number of allylic oxidation sites excluding steroid dienone is 2. The molecule has 0 radical (unpaired) electrons. The molecular weight excluding hydrogens is 468 g/mol. The molecule has 1 atom stereocenters. The molecule has 1 rings (SSSR count). The van der Waals surface area contributed by atoms with Crippen LogP contribution in [0.1, 0.15) is 170 Å². The summed E-state index contributed by atoms with van der Waals surface area (Å²) in [6.07, 6.45) is 27.3. The van der Waals surface area contributed by atoms with Crippen molar-refractivity contribution in [1.29, 1.82) is 0 Å². The fourth-order valence-electron chi connectivity index (χ4n) is 5.23. The highest BCUT2D eigenvalue weighted by Gasteiger charge is 2.42. The van der Waals surface area contributed by atoms with Crippen LogP contribution in [0.3, 0.4) is 0 Å². The zero-order chi connectivity index (χ0) is 28.5. The zero-order valence-corrected chi connectivity index (χ0v) is 26.6. The molecule has 0 aromatic heterocycles. The van der Waals surface area contributed by atoms with E-state index in [4.69, 9.17) is 4.74 Å². The summed E-state index contributed by atoms with van der Waals surface area (Å²) in [6.45, 7) is 15.6. The molecule has 0 saturated carbocycles. The molecule has 3 heteroatoms. The quantitative estimate of drug-likeness (QED) is 0.125. The number of ether oxygens (including phenoxy) is 1. The molecule has 0 fully saturated rings. The summed E-state index contributed by atoms with van der Waals surface area (Å²) in [5.41, 5.74) is 1.13. The van der Waals surface area contributed by atoms with Gasteiger partial charge in [0.1, 0.15) is 0 Å². The number of carbonyl (C=O) groups is 1. The van der Waals surface area contributed by atoms with Crippen LogP contribution in [0.15, 0.2) is 23.3 Å². The first-order valence-electron chi connectivity index (χ1n) is 16.2. The Labute approximate surface area is 237 Å². The van der Waals surface area contributed by atoms with E-state index in [1.807, 2.05) is 6.08 Å². The molecule has 0 bridgehead atoms. The van der Waals surface area contributed by atoms with Crippen LogP contribution in [0.2, 0.25) is 0 Å². The Morgan fingerprint density at radius 2 is 1.24 bits per heavy atom. The number of carbonyl (C=O) groups excluding carboxylic acids is 1. The van der Waals surface area contributed by atoms with E-state index in [0.717, 1.165) is 18.4 Å². The molecule has 1 aliphatic carbocycles. The average Bonchev–Trinajstić information content (AvgIpc) is 2.83. The standard InChI is InChI=1S/C35H64O3/c1-8-9-10-11-12-13-14-15-16-17-18-19-20-21-22-23-26-38-32(36)25-24-30-27-31(33(2,3)4)29-35(37,28-30)34(5,6)7/h27-28,37H,8-26,29H2,1-7H3. The maximum atomic E-state index is 12.4. The molecule has 1 unspecified atom stereocenters. The van der Waals surface area contributed by atoms with Gasteiger partial charge < -0.3 is 9.84 Å². The Morgan fingerprint density at radius 3 is 1.66 bits per heavy atom. The highest BCUT2D eigenvalue weighted by atomic mass is 16.5. The number of unbranched alkanes of at least 4 members (excludes halogenated alkanes) is 15. The Hall–Kier alpha value is -1.09. The summed E-state index contributed by atoms with van der Waals surface area (Å²) in [5.74, 6) is -0.123. The second-order valence-electron chi connectivity index (χ2n) is 14.0. The summed E-state index contributed by atoms with van der Waals surface area (Å²) in [5, 5.41) is 11.4. The fourth-order valence-corrected chi connectivity index (χ4v) is 5.23. The topological polar surface area (TPSA) is 46.5 Å². The van der Waals surface area contributed by atoms with E-state index in [1.54, 1.807) is 0 Å². The lowest BCUT2D eigenvalue weighted by atomic mass is 9.66. The van der Waals surface area contributed by atoms with E-state index in [1.165, 1.54) is 95.5 Å². The summed E-state index contributed by atoms with van der Waals surface area (Å²) in [4.78, 5) is 12.4. The molecule has 0 aromatic rings. The predicted octanol–water partition coefficient (Wildman–Crippen LogP) is 10.7. The lowest BCUT2D eigenvalue weighted by Gasteiger charge is -2.43. The van der Waals surface area contributed by atoms with Crippen LogP contribution in [0.5, 0.6) is 0 Å². The Balaban J connectivity index is 2.11. The van der Waals surface area contributed by atoms with E-state index in [2.05, 4.69) is 54.5 Å². The van der Waals surface area contributed by atoms with Gasteiger partial charge in [-0.1, -0.05) is 156 Å². The van der Waals surface area contributed by atoms with Gasteiger partial charge in [-0.25, -0.2) is 0 Å². The molecular formula is C35H64O3. The first kappa shape index (κ1) is 34.9.